The molecule has 24 heavy (non-hydrogen) atoms. The first kappa shape index (κ1) is 18.9. The van der Waals surface area contributed by atoms with E-state index < -0.39 is 6.43 Å². The Morgan fingerprint density at radius 2 is 1.96 bits per heavy atom. The van der Waals surface area contributed by atoms with Crippen LogP contribution in [-0.2, 0) is 0 Å². The Morgan fingerprint density at radius 3 is 2.50 bits per heavy atom. The van der Waals surface area contributed by atoms with Crippen LogP contribution in [0.1, 0.15) is 40.5 Å². The van der Waals surface area contributed by atoms with Crippen LogP contribution in [0.15, 0.2) is 59.3 Å². The molecule has 0 N–H and O–H groups in total. The van der Waals surface area contributed by atoms with Gasteiger partial charge in [0.25, 0.3) is 6.43 Å². The van der Waals surface area contributed by atoms with Crippen molar-refractivity contribution in [3.05, 3.63) is 59.3 Å². The van der Waals surface area contributed by atoms with E-state index in [0.717, 1.165) is 25.0 Å². The maximum Gasteiger partial charge on any atom is 0.263 e. The molecule has 0 unspecified atom stereocenters. The molecule has 2 aliphatic carbocycles. The fourth-order valence-corrected chi connectivity index (χ4v) is 3.06. The van der Waals surface area contributed by atoms with Gasteiger partial charge in [0, 0.05) is 30.1 Å². The van der Waals surface area contributed by atoms with E-state index in [4.69, 9.17) is 0 Å². The van der Waals surface area contributed by atoms with Gasteiger partial charge in [0.05, 0.1) is 0 Å². The van der Waals surface area contributed by atoms with Crippen LogP contribution >= 0.6 is 0 Å². The molecule has 0 aromatic rings. The summed E-state index contributed by atoms with van der Waals surface area (Å²) < 4.78 is 26.3. The summed E-state index contributed by atoms with van der Waals surface area (Å²) in [6.07, 6.45) is 10.5. The van der Waals surface area contributed by atoms with Gasteiger partial charge < -0.3 is 0 Å². The van der Waals surface area contributed by atoms with Gasteiger partial charge in [0.15, 0.2) is 0 Å². The van der Waals surface area contributed by atoms with E-state index in [1.807, 2.05) is 13.8 Å². The first-order valence-electron chi connectivity index (χ1n) is 8.65. The average Bonchev–Trinajstić information content (AvgIpc) is 3.30. The number of allylic oxidation sites excluding steroid dienone is 5. The van der Waals surface area contributed by atoms with E-state index in [1.165, 1.54) is 5.57 Å². The lowest BCUT2D eigenvalue weighted by molar-refractivity contribution is 0.190. The second-order valence-electron chi connectivity index (χ2n) is 7.70. The number of alkyl halides is 2. The van der Waals surface area contributed by atoms with Gasteiger partial charge in [-0.2, -0.15) is 0 Å². The highest BCUT2D eigenvalue weighted by Gasteiger charge is 2.31. The number of nitrogens with zero attached hydrogens (tertiary/aromatic N) is 1. The molecule has 0 atom stereocenters. The summed E-state index contributed by atoms with van der Waals surface area (Å²) in [5.74, 6) is 0. The minimum atomic E-state index is -2.49. The van der Waals surface area contributed by atoms with Crippen LogP contribution in [0.5, 0.6) is 0 Å². The Bertz CT molecular complexity index is 597. The van der Waals surface area contributed by atoms with Gasteiger partial charge in [-0.1, -0.05) is 56.4 Å². The lowest BCUT2D eigenvalue weighted by Crippen LogP contribution is -2.31. The first-order chi connectivity index (χ1) is 11.2. The van der Waals surface area contributed by atoms with Crippen molar-refractivity contribution < 1.29 is 8.78 Å². The highest BCUT2D eigenvalue weighted by Crippen LogP contribution is 2.32. The molecule has 0 aromatic heterocycles. The Labute approximate surface area is 145 Å². The molecule has 132 valence electrons. The lowest BCUT2D eigenvalue weighted by atomic mass is 9.91. The van der Waals surface area contributed by atoms with Gasteiger partial charge in [-0.25, -0.2) is 8.78 Å². The van der Waals surface area contributed by atoms with E-state index in [-0.39, 0.29) is 11.0 Å². The lowest BCUT2D eigenvalue weighted by Gasteiger charge is -2.27. The van der Waals surface area contributed by atoms with Crippen molar-refractivity contribution in [1.82, 2.24) is 4.90 Å². The first-order valence-corrected chi connectivity index (χ1v) is 8.65. The number of rotatable bonds is 7. The Morgan fingerprint density at radius 1 is 1.29 bits per heavy atom. The van der Waals surface area contributed by atoms with Gasteiger partial charge in [0.2, 0.25) is 0 Å². The maximum atomic E-state index is 13.1. The SMILES string of the molecule is C=C(C(CN(CC1=CC(C)(C)C=CC=C1)C1CC1)=C(C)C)C(F)F. The third kappa shape index (κ3) is 5.27. The third-order valence-electron chi connectivity index (χ3n) is 4.57. The molecule has 0 spiro atoms. The molecule has 0 radical (unpaired) electrons. The summed E-state index contributed by atoms with van der Waals surface area (Å²) >= 11 is 0. The highest BCUT2D eigenvalue weighted by molar-refractivity contribution is 5.36. The van der Waals surface area contributed by atoms with Crippen LogP contribution in [0.4, 0.5) is 8.78 Å². The molecule has 2 aliphatic rings. The van der Waals surface area contributed by atoms with Crippen LogP contribution in [0.25, 0.3) is 0 Å². The molecule has 0 aliphatic heterocycles. The molecule has 0 bridgehead atoms. The smallest absolute Gasteiger partial charge is 0.263 e. The molecule has 0 saturated heterocycles. The Balaban J connectivity index is 2.17. The van der Waals surface area contributed by atoms with Crippen molar-refractivity contribution >= 4 is 0 Å². The summed E-state index contributed by atoms with van der Waals surface area (Å²) in [5.41, 5.74) is 2.85. The Hall–Kier alpha value is -1.48. The zero-order valence-electron chi connectivity index (χ0n) is 15.3. The summed E-state index contributed by atoms with van der Waals surface area (Å²) in [5, 5.41) is 0. The van der Waals surface area contributed by atoms with Crippen molar-refractivity contribution in [1.29, 1.82) is 0 Å². The fourth-order valence-electron chi connectivity index (χ4n) is 3.06. The van der Waals surface area contributed by atoms with Gasteiger partial charge in [0.1, 0.15) is 0 Å². The van der Waals surface area contributed by atoms with Crippen molar-refractivity contribution in [2.24, 2.45) is 5.41 Å². The number of halogens is 2. The molecule has 1 nitrogen and oxygen atoms in total. The standard InChI is InChI=1S/C21H29F2N/c1-15(2)19(16(3)20(22)23)14-24(18-9-10-18)13-17-8-6-7-11-21(4,5)12-17/h6-8,11-12,18,20H,3,9-10,13-14H2,1-2,4-5H3. The van der Waals surface area contributed by atoms with Crippen LogP contribution in [0.3, 0.4) is 0 Å². The van der Waals surface area contributed by atoms with E-state index >= 15 is 0 Å². The van der Waals surface area contributed by atoms with E-state index in [0.29, 0.717) is 18.2 Å². The molecular weight excluding hydrogens is 304 g/mol. The average molecular weight is 333 g/mol. The van der Waals surface area contributed by atoms with Crippen LogP contribution < -0.4 is 0 Å². The summed E-state index contributed by atoms with van der Waals surface area (Å²) in [6, 6.07) is 0.499. The van der Waals surface area contributed by atoms with Crippen molar-refractivity contribution in [2.75, 3.05) is 13.1 Å². The van der Waals surface area contributed by atoms with Gasteiger partial charge in [-0.05, 0) is 37.8 Å². The van der Waals surface area contributed by atoms with Gasteiger partial charge in [-0.3, -0.25) is 4.90 Å². The molecule has 1 fully saturated rings. The minimum Gasteiger partial charge on any atom is -0.292 e. The van der Waals surface area contributed by atoms with E-state index in [9.17, 15) is 8.78 Å². The highest BCUT2D eigenvalue weighted by atomic mass is 19.3. The summed E-state index contributed by atoms with van der Waals surface area (Å²) in [6.45, 7) is 13.1. The summed E-state index contributed by atoms with van der Waals surface area (Å²) in [7, 11) is 0. The van der Waals surface area contributed by atoms with Gasteiger partial charge >= 0.3 is 0 Å². The van der Waals surface area contributed by atoms with Crippen LogP contribution in [-0.4, -0.2) is 30.5 Å². The monoisotopic (exact) mass is 333 g/mol. The quantitative estimate of drug-likeness (QED) is 0.541. The molecule has 0 aromatic carbocycles. The zero-order valence-corrected chi connectivity index (χ0v) is 15.3. The van der Waals surface area contributed by atoms with Crippen molar-refractivity contribution in [3.63, 3.8) is 0 Å². The predicted molar refractivity (Wildman–Crippen MR) is 98.3 cm³/mol. The van der Waals surface area contributed by atoms with Crippen molar-refractivity contribution in [3.8, 4) is 0 Å². The largest absolute Gasteiger partial charge is 0.292 e. The van der Waals surface area contributed by atoms with Crippen LogP contribution in [0, 0.1) is 5.41 Å². The minimum absolute atomic E-state index is 0.0139. The summed E-state index contributed by atoms with van der Waals surface area (Å²) in [4.78, 5) is 2.33. The van der Waals surface area contributed by atoms with Gasteiger partial charge in [-0.15, -0.1) is 0 Å². The predicted octanol–water partition coefficient (Wildman–Crippen LogP) is 5.69. The zero-order chi connectivity index (χ0) is 17.9. The topological polar surface area (TPSA) is 3.24 Å². The second kappa shape index (κ2) is 7.60. The second-order valence-corrected chi connectivity index (χ2v) is 7.70. The maximum absolute atomic E-state index is 13.1. The van der Waals surface area contributed by atoms with E-state index in [2.05, 4.69) is 55.7 Å². The molecule has 2 rings (SSSR count). The molecule has 3 heteroatoms. The van der Waals surface area contributed by atoms with Crippen LogP contribution in [0.2, 0.25) is 0 Å². The van der Waals surface area contributed by atoms with Crippen molar-refractivity contribution in [2.45, 2.75) is 53.0 Å². The number of hydrogen-bond acceptors (Lipinski definition) is 1. The molecule has 1 saturated carbocycles. The number of hydrogen-bond donors (Lipinski definition) is 0. The van der Waals surface area contributed by atoms with E-state index in [1.54, 1.807) is 0 Å². The third-order valence-corrected chi connectivity index (χ3v) is 4.57. The molecular formula is C21H29F2N. The normalized spacial score (nSPS) is 19.4. The molecule has 0 amide bonds. The Kier molecular flexibility index (Phi) is 5.97. The fraction of sp³-hybridized carbons (Fsp3) is 0.524. The molecule has 0 heterocycles.